The van der Waals surface area contributed by atoms with Gasteiger partial charge in [-0.25, -0.2) is 4.98 Å². The van der Waals surface area contributed by atoms with Gasteiger partial charge < -0.3 is 13.9 Å². The van der Waals surface area contributed by atoms with Crippen molar-refractivity contribution in [2.24, 2.45) is 0 Å². The van der Waals surface area contributed by atoms with Crippen LogP contribution in [0.1, 0.15) is 11.5 Å². The summed E-state index contributed by atoms with van der Waals surface area (Å²) in [4.78, 5) is 16.9. The van der Waals surface area contributed by atoms with Crippen LogP contribution in [0, 0.1) is 6.92 Å². The number of fused-ring (bicyclic) bond motifs is 1. The van der Waals surface area contributed by atoms with Crippen LogP contribution >= 0.6 is 0 Å². The quantitative estimate of drug-likeness (QED) is 0.740. The summed E-state index contributed by atoms with van der Waals surface area (Å²) in [6.45, 7) is 2.20. The van der Waals surface area contributed by atoms with E-state index in [1.165, 1.54) is 18.0 Å². The van der Waals surface area contributed by atoms with Crippen LogP contribution in [0.4, 0.5) is 0 Å². The number of hydrogen-bond donors (Lipinski definition) is 0. The maximum absolute atomic E-state index is 12.6. The van der Waals surface area contributed by atoms with E-state index < -0.39 is 0 Å². The lowest BCUT2D eigenvalue weighted by Gasteiger charge is -2.10. The van der Waals surface area contributed by atoms with Crippen molar-refractivity contribution in [3.63, 3.8) is 0 Å². The van der Waals surface area contributed by atoms with Crippen molar-refractivity contribution < 1.29 is 13.9 Å². The first-order valence-corrected chi connectivity index (χ1v) is 6.79. The molecule has 3 aromatic rings. The van der Waals surface area contributed by atoms with Crippen LogP contribution in [-0.2, 0) is 6.54 Å². The summed E-state index contributed by atoms with van der Waals surface area (Å²) in [6.07, 6.45) is 1.51. The van der Waals surface area contributed by atoms with Gasteiger partial charge in [0.2, 0.25) is 0 Å². The Morgan fingerprint density at radius 2 is 1.91 bits per heavy atom. The molecular formula is C16H16N2O4. The van der Waals surface area contributed by atoms with E-state index in [1.807, 2.05) is 19.1 Å². The molecule has 2 heterocycles. The molecule has 0 bridgehead atoms. The van der Waals surface area contributed by atoms with E-state index in [2.05, 4.69) is 4.98 Å². The maximum Gasteiger partial charge on any atom is 0.261 e. The average Bonchev–Trinajstić information content (AvgIpc) is 2.94. The molecule has 0 atom stereocenters. The van der Waals surface area contributed by atoms with Gasteiger partial charge >= 0.3 is 0 Å². The zero-order valence-electron chi connectivity index (χ0n) is 12.6. The van der Waals surface area contributed by atoms with Crippen molar-refractivity contribution in [3.8, 4) is 11.5 Å². The number of aryl methyl sites for hydroxylation is 1. The van der Waals surface area contributed by atoms with Crippen LogP contribution in [0.2, 0.25) is 0 Å². The lowest BCUT2D eigenvalue weighted by Crippen LogP contribution is -2.21. The third-order valence-electron chi connectivity index (χ3n) is 3.45. The van der Waals surface area contributed by atoms with E-state index in [1.54, 1.807) is 19.2 Å². The number of nitrogens with zero attached hydrogens (tertiary/aromatic N) is 2. The molecule has 1 aromatic carbocycles. The number of aromatic nitrogens is 2. The molecule has 0 N–H and O–H groups in total. The Balaban J connectivity index is 2.10. The Kier molecular flexibility index (Phi) is 3.58. The number of rotatable bonds is 4. The minimum Gasteiger partial charge on any atom is -0.493 e. The number of furan rings is 1. The molecule has 3 rings (SSSR count). The van der Waals surface area contributed by atoms with Gasteiger partial charge in [0.05, 0.1) is 38.0 Å². The van der Waals surface area contributed by atoms with E-state index in [0.717, 1.165) is 5.76 Å². The molecule has 114 valence electrons. The fourth-order valence-electron chi connectivity index (χ4n) is 2.34. The molecule has 0 aliphatic carbocycles. The van der Waals surface area contributed by atoms with Gasteiger partial charge in [0.1, 0.15) is 11.5 Å². The van der Waals surface area contributed by atoms with Gasteiger partial charge in [-0.1, -0.05) is 0 Å². The van der Waals surface area contributed by atoms with Gasteiger partial charge in [-0.3, -0.25) is 9.36 Å². The zero-order chi connectivity index (χ0) is 15.7. The molecule has 0 saturated heterocycles. The highest BCUT2D eigenvalue weighted by Crippen LogP contribution is 2.29. The molecule has 22 heavy (non-hydrogen) atoms. The van der Waals surface area contributed by atoms with Gasteiger partial charge in [0.25, 0.3) is 5.56 Å². The molecule has 0 aliphatic heterocycles. The lowest BCUT2D eigenvalue weighted by molar-refractivity contribution is 0.355. The normalized spacial score (nSPS) is 10.9. The van der Waals surface area contributed by atoms with Crippen LogP contribution in [0.25, 0.3) is 10.9 Å². The number of methoxy groups -OCH3 is 2. The van der Waals surface area contributed by atoms with Crippen LogP contribution < -0.4 is 15.0 Å². The van der Waals surface area contributed by atoms with Gasteiger partial charge in [-0.05, 0) is 25.1 Å². The van der Waals surface area contributed by atoms with Gasteiger partial charge in [-0.15, -0.1) is 0 Å². The first-order chi connectivity index (χ1) is 10.6. The fraction of sp³-hybridized carbons (Fsp3) is 0.250. The molecule has 0 spiro atoms. The summed E-state index contributed by atoms with van der Waals surface area (Å²) in [5, 5.41) is 0.475. The third kappa shape index (κ3) is 2.43. The molecular weight excluding hydrogens is 284 g/mol. The molecule has 0 unspecified atom stereocenters. The molecule has 0 aliphatic rings. The van der Waals surface area contributed by atoms with E-state index in [-0.39, 0.29) is 5.56 Å². The van der Waals surface area contributed by atoms with Crippen molar-refractivity contribution in [2.45, 2.75) is 13.5 Å². The minimum absolute atomic E-state index is 0.153. The third-order valence-corrected chi connectivity index (χ3v) is 3.45. The molecule has 0 fully saturated rings. The number of ether oxygens (including phenoxy) is 2. The van der Waals surface area contributed by atoms with Crippen molar-refractivity contribution >= 4 is 10.9 Å². The highest BCUT2D eigenvalue weighted by molar-refractivity contribution is 5.81. The van der Waals surface area contributed by atoms with Gasteiger partial charge in [0.15, 0.2) is 11.5 Å². The summed E-state index contributed by atoms with van der Waals surface area (Å²) in [6, 6.07) is 7.05. The predicted molar refractivity (Wildman–Crippen MR) is 81.7 cm³/mol. The number of benzene rings is 1. The average molecular weight is 300 g/mol. The Hall–Kier alpha value is -2.76. The van der Waals surface area contributed by atoms with Crippen LogP contribution in [-0.4, -0.2) is 23.8 Å². The second kappa shape index (κ2) is 5.55. The first-order valence-electron chi connectivity index (χ1n) is 6.79. The second-order valence-electron chi connectivity index (χ2n) is 4.91. The lowest BCUT2D eigenvalue weighted by atomic mass is 10.2. The summed E-state index contributed by atoms with van der Waals surface area (Å²) in [5.41, 5.74) is 0.412. The van der Waals surface area contributed by atoms with Gasteiger partial charge in [0, 0.05) is 6.07 Å². The maximum atomic E-state index is 12.6. The predicted octanol–water partition coefficient (Wildman–Crippen LogP) is 2.36. The van der Waals surface area contributed by atoms with Gasteiger partial charge in [-0.2, -0.15) is 0 Å². The van der Waals surface area contributed by atoms with Crippen LogP contribution in [0.5, 0.6) is 11.5 Å². The molecule has 0 amide bonds. The highest BCUT2D eigenvalue weighted by Gasteiger charge is 2.11. The molecule has 0 saturated carbocycles. The topological polar surface area (TPSA) is 66.5 Å². The standard InChI is InChI=1S/C16H16N2O4/c1-10-4-5-11(22-10)8-18-9-17-13-7-15(21-3)14(20-2)6-12(13)16(18)19/h4-7,9H,8H2,1-3H3. The van der Waals surface area contributed by atoms with Crippen molar-refractivity contribution in [1.82, 2.24) is 9.55 Å². The molecule has 2 aromatic heterocycles. The minimum atomic E-state index is -0.153. The van der Waals surface area contributed by atoms with Crippen LogP contribution in [0.3, 0.4) is 0 Å². The zero-order valence-corrected chi connectivity index (χ0v) is 12.6. The Morgan fingerprint density at radius 1 is 1.18 bits per heavy atom. The SMILES string of the molecule is COc1cc2ncn(Cc3ccc(C)o3)c(=O)c2cc1OC. The Morgan fingerprint density at radius 3 is 2.55 bits per heavy atom. The summed E-state index contributed by atoms with van der Waals surface area (Å²) in [7, 11) is 3.08. The van der Waals surface area contributed by atoms with E-state index in [0.29, 0.717) is 34.7 Å². The first kappa shape index (κ1) is 14.2. The second-order valence-corrected chi connectivity index (χ2v) is 4.91. The van der Waals surface area contributed by atoms with Crippen molar-refractivity contribution in [2.75, 3.05) is 14.2 Å². The molecule has 6 nitrogen and oxygen atoms in total. The Labute approximate surface area is 126 Å². The number of hydrogen-bond acceptors (Lipinski definition) is 5. The van der Waals surface area contributed by atoms with E-state index >= 15 is 0 Å². The highest BCUT2D eigenvalue weighted by atomic mass is 16.5. The smallest absolute Gasteiger partial charge is 0.261 e. The summed E-state index contributed by atoms with van der Waals surface area (Å²) >= 11 is 0. The van der Waals surface area contributed by atoms with Crippen LogP contribution in [0.15, 0.2) is 39.8 Å². The monoisotopic (exact) mass is 300 g/mol. The van der Waals surface area contributed by atoms with Crippen molar-refractivity contribution in [3.05, 3.63) is 52.5 Å². The molecule has 6 heteroatoms. The Bertz CT molecular complexity index is 879. The van der Waals surface area contributed by atoms with E-state index in [9.17, 15) is 4.79 Å². The summed E-state index contributed by atoms with van der Waals surface area (Å²) < 4.78 is 17.5. The largest absolute Gasteiger partial charge is 0.493 e. The molecule has 0 radical (unpaired) electrons. The summed E-state index contributed by atoms with van der Waals surface area (Å²) in [5.74, 6) is 2.56. The van der Waals surface area contributed by atoms with Crippen molar-refractivity contribution in [1.29, 1.82) is 0 Å². The fourth-order valence-corrected chi connectivity index (χ4v) is 2.34. The van der Waals surface area contributed by atoms with E-state index in [4.69, 9.17) is 13.9 Å².